The fourth-order valence-corrected chi connectivity index (χ4v) is 2.21. The summed E-state index contributed by atoms with van der Waals surface area (Å²) < 4.78 is 0. The predicted molar refractivity (Wildman–Crippen MR) is 108 cm³/mol. The minimum atomic E-state index is -0.408. The highest BCUT2D eigenvalue weighted by molar-refractivity contribution is 4.78. The second kappa shape index (κ2) is 21.7. The van der Waals surface area contributed by atoms with Gasteiger partial charge < -0.3 is 10.2 Å². The number of aliphatic hydroxyl groups is 2. The Bertz CT molecular complexity index is 212. The van der Waals surface area contributed by atoms with E-state index in [1.165, 1.54) is 6.42 Å². The summed E-state index contributed by atoms with van der Waals surface area (Å²) in [6.45, 7) is 25.8. The van der Waals surface area contributed by atoms with E-state index >= 15 is 0 Å². The maximum Gasteiger partial charge on any atom is 0.0616 e. The van der Waals surface area contributed by atoms with Gasteiger partial charge in [0.05, 0.1) is 12.2 Å². The fraction of sp³-hybridized carbons (Fsp3) is 0.905. The third kappa shape index (κ3) is 21.7. The Morgan fingerprint density at radius 3 is 1.39 bits per heavy atom. The van der Waals surface area contributed by atoms with Gasteiger partial charge in [0.1, 0.15) is 0 Å². The molecule has 2 N–H and O–H groups in total. The van der Waals surface area contributed by atoms with Gasteiger partial charge in [-0.05, 0) is 31.1 Å². The first-order chi connectivity index (χ1) is 10.6. The lowest BCUT2D eigenvalue weighted by Crippen LogP contribution is -2.37. The summed E-state index contributed by atoms with van der Waals surface area (Å²) in [5, 5.41) is 20.0. The standard InChI is InChI=1S/C13H28O2.C3H8.C3H6.C2H6/c1-8(2)7-10(5)13(15)11(6)12(14)9(3)4;2*1-3-2;1-2/h8-15H,7H2,1-6H3;3H2,1-2H3;3H,1H2,2H3;1-2H3. The third-order valence-electron chi connectivity index (χ3n) is 3.19. The Kier molecular flexibility index (Phi) is 28.8. The minimum absolute atomic E-state index is 0.0428. The molecule has 4 atom stereocenters. The number of allylic oxidation sites excluding steroid dienone is 1. The summed E-state index contributed by atoms with van der Waals surface area (Å²) in [7, 11) is 0. The lowest BCUT2D eigenvalue weighted by atomic mass is 9.82. The molecular weight excluding hydrogens is 284 g/mol. The van der Waals surface area contributed by atoms with E-state index in [2.05, 4.69) is 41.2 Å². The summed E-state index contributed by atoms with van der Waals surface area (Å²) >= 11 is 0. The van der Waals surface area contributed by atoms with Crippen molar-refractivity contribution in [2.45, 2.75) is 101 Å². The van der Waals surface area contributed by atoms with Crippen molar-refractivity contribution in [3.8, 4) is 0 Å². The second-order valence-electron chi connectivity index (χ2n) is 6.81. The largest absolute Gasteiger partial charge is 0.392 e. The summed E-state index contributed by atoms with van der Waals surface area (Å²) in [4.78, 5) is 0. The van der Waals surface area contributed by atoms with Gasteiger partial charge in [-0.1, -0.05) is 81.7 Å². The van der Waals surface area contributed by atoms with Crippen LogP contribution in [-0.4, -0.2) is 22.4 Å². The second-order valence-corrected chi connectivity index (χ2v) is 6.81. The fourth-order valence-electron chi connectivity index (χ4n) is 2.21. The van der Waals surface area contributed by atoms with Gasteiger partial charge in [0, 0.05) is 5.92 Å². The molecular formula is C21H48O2. The molecule has 4 unspecified atom stereocenters. The van der Waals surface area contributed by atoms with E-state index in [0.717, 1.165) is 6.42 Å². The van der Waals surface area contributed by atoms with Gasteiger partial charge in [-0.25, -0.2) is 0 Å². The smallest absolute Gasteiger partial charge is 0.0616 e. The van der Waals surface area contributed by atoms with Crippen LogP contribution in [0.4, 0.5) is 0 Å². The maximum absolute atomic E-state index is 10.1. The van der Waals surface area contributed by atoms with Crippen LogP contribution in [0.5, 0.6) is 0 Å². The zero-order valence-electron chi connectivity index (χ0n) is 18.1. The van der Waals surface area contributed by atoms with Crippen molar-refractivity contribution in [1.82, 2.24) is 0 Å². The molecule has 0 radical (unpaired) electrons. The van der Waals surface area contributed by atoms with Crippen molar-refractivity contribution in [2.24, 2.45) is 23.7 Å². The van der Waals surface area contributed by atoms with E-state index in [0.29, 0.717) is 5.92 Å². The molecule has 0 spiro atoms. The zero-order chi connectivity index (χ0) is 19.6. The Hall–Kier alpha value is -0.340. The quantitative estimate of drug-likeness (QED) is 0.559. The monoisotopic (exact) mass is 332 g/mol. The van der Waals surface area contributed by atoms with Crippen LogP contribution in [0.3, 0.4) is 0 Å². The Morgan fingerprint density at radius 2 is 1.17 bits per heavy atom. The van der Waals surface area contributed by atoms with Gasteiger partial charge in [-0.2, -0.15) is 0 Å². The van der Waals surface area contributed by atoms with Gasteiger partial charge in [0.2, 0.25) is 0 Å². The van der Waals surface area contributed by atoms with Gasteiger partial charge >= 0.3 is 0 Å². The van der Waals surface area contributed by atoms with Gasteiger partial charge in [0.15, 0.2) is 0 Å². The van der Waals surface area contributed by atoms with Crippen LogP contribution < -0.4 is 0 Å². The molecule has 0 fully saturated rings. The Morgan fingerprint density at radius 1 is 0.870 bits per heavy atom. The molecule has 0 rings (SSSR count). The maximum atomic E-state index is 10.1. The first-order valence-corrected chi connectivity index (χ1v) is 9.53. The normalized spacial score (nSPS) is 14.9. The highest BCUT2D eigenvalue weighted by atomic mass is 16.3. The Labute approximate surface area is 148 Å². The van der Waals surface area contributed by atoms with Crippen molar-refractivity contribution in [3.63, 3.8) is 0 Å². The summed E-state index contributed by atoms with van der Waals surface area (Å²) in [5.41, 5.74) is 0. The van der Waals surface area contributed by atoms with Crippen molar-refractivity contribution in [1.29, 1.82) is 0 Å². The van der Waals surface area contributed by atoms with Crippen molar-refractivity contribution in [3.05, 3.63) is 12.7 Å². The van der Waals surface area contributed by atoms with Crippen LogP contribution in [0.15, 0.2) is 12.7 Å². The lowest BCUT2D eigenvalue weighted by Gasteiger charge is -2.31. The molecule has 0 aromatic heterocycles. The summed E-state index contributed by atoms with van der Waals surface area (Å²) in [5.74, 6) is 1.02. The van der Waals surface area contributed by atoms with E-state index < -0.39 is 12.2 Å². The molecule has 144 valence electrons. The number of hydrogen-bond acceptors (Lipinski definition) is 2. The first-order valence-electron chi connectivity index (χ1n) is 9.53. The van der Waals surface area contributed by atoms with E-state index in [-0.39, 0.29) is 17.8 Å². The predicted octanol–water partition coefficient (Wildman–Crippen LogP) is 6.32. The van der Waals surface area contributed by atoms with Crippen LogP contribution in [0, 0.1) is 23.7 Å². The van der Waals surface area contributed by atoms with Crippen LogP contribution in [0.2, 0.25) is 0 Å². The van der Waals surface area contributed by atoms with E-state index in [1.54, 1.807) is 6.08 Å². The number of rotatable bonds is 6. The van der Waals surface area contributed by atoms with Crippen LogP contribution in [0.1, 0.15) is 89.0 Å². The molecule has 0 heterocycles. The SMILES string of the molecule is C=CC.CC.CC(C)CC(C)C(O)C(C)C(O)C(C)C.CCC. The molecule has 0 aliphatic heterocycles. The molecule has 0 aliphatic rings. The van der Waals surface area contributed by atoms with Crippen LogP contribution in [-0.2, 0) is 0 Å². The third-order valence-corrected chi connectivity index (χ3v) is 3.19. The van der Waals surface area contributed by atoms with Gasteiger partial charge in [-0.3, -0.25) is 0 Å². The van der Waals surface area contributed by atoms with Crippen molar-refractivity contribution < 1.29 is 10.2 Å². The van der Waals surface area contributed by atoms with E-state index in [1.807, 2.05) is 41.5 Å². The lowest BCUT2D eigenvalue weighted by molar-refractivity contribution is -0.0286. The van der Waals surface area contributed by atoms with Crippen molar-refractivity contribution >= 4 is 0 Å². The van der Waals surface area contributed by atoms with Crippen LogP contribution in [0.25, 0.3) is 0 Å². The minimum Gasteiger partial charge on any atom is -0.392 e. The summed E-state index contributed by atoms with van der Waals surface area (Å²) in [6, 6.07) is 0. The molecule has 0 amide bonds. The average Bonchev–Trinajstić information content (AvgIpc) is 2.47. The topological polar surface area (TPSA) is 40.5 Å². The van der Waals surface area contributed by atoms with E-state index in [9.17, 15) is 10.2 Å². The van der Waals surface area contributed by atoms with Gasteiger partial charge in [-0.15, -0.1) is 6.58 Å². The van der Waals surface area contributed by atoms with Crippen molar-refractivity contribution in [2.75, 3.05) is 0 Å². The highest BCUT2D eigenvalue weighted by Gasteiger charge is 2.28. The molecule has 2 heteroatoms. The molecule has 23 heavy (non-hydrogen) atoms. The molecule has 0 bridgehead atoms. The molecule has 0 aromatic carbocycles. The number of aliphatic hydroxyl groups excluding tert-OH is 2. The molecule has 0 aromatic rings. The molecule has 0 aliphatic carbocycles. The van der Waals surface area contributed by atoms with E-state index in [4.69, 9.17) is 0 Å². The molecule has 0 saturated carbocycles. The average molecular weight is 333 g/mol. The first kappa shape index (κ1) is 30.5. The van der Waals surface area contributed by atoms with Crippen LogP contribution >= 0.6 is 0 Å². The van der Waals surface area contributed by atoms with Gasteiger partial charge in [0.25, 0.3) is 0 Å². The Balaban J connectivity index is -0.000000190. The molecule has 0 saturated heterocycles. The number of hydrogen-bond donors (Lipinski definition) is 2. The zero-order valence-corrected chi connectivity index (χ0v) is 18.1. The highest BCUT2D eigenvalue weighted by Crippen LogP contribution is 2.24. The summed E-state index contributed by atoms with van der Waals surface area (Å²) in [6.07, 6.45) is 3.20. The molecule has 2 nitrogen and oxygen atoms in total.